The van der Waals surface area contributed by atoms with E-state index in [0.29, 0.717) is 27.3 Å². The van der Waals surface area contributed by atoms with E-state index in [0.717, 1.165) is 16.0 Å². The number of hydrazine groups is 1. The van der Waals surface area contributed by atoms with Crippen LogP contribution in [0.1, 0.15) is 20.7 Å². The predicted octanol–water partition coefficient (Wildman–Crippen LogP) is 2.74. The van der Waals surface area contributed by atoms with E-state index < -0.39 is 11.8 Å². The normalized spacial score (nSPS) is 12.8. The van der Waals surface area contributed by atoms with Gasteiger partial charge in [-0.25, -0.2) is 0 Å². The molecule has 4 rings (SSSR count). The number of nitrogens with one attached hydrogen (secondary N) is 3. The van der Waals surface area contributed by atoms with Crippen LogP contribution in [0.15, 0.2) is 60.7 Å². The number of carbonyl (C=O) groups is 2. The molecular formula is C21H18N4O3S. The number of amides is 2. The molecule has 0 atom stereocenters. The van der Waals surface area contributed by atoms with Crippen LogP contribution in [0.25, 0.3) is 10.8 Å². The first-order chi connectivity index (χ1) is 14.1. The van der Waals surface area contributed by atoms with E-state index in [1.165, 1.54) is 0 Å². The molecule has 0 spiro atoms. The Labute approximate surface area is 172 Å². The first-order valence-electron chi connectivity index (χ1n) is 9.01. The van der Waals surface area contributed by atoms with Gasteiger partial charge in [-0.3, -0.25) is 25.3 Å². The molecule has 0 fully saturated rings. The van der Waals surface area contributed by atoms with Gasteiger partial charge in [-0.15, -0.1) is 0 Å². The van der Waals surface area contributed by atoms with Gasteiger partial charge in [0.2, 0.25) is 0 Å². The summed E-state index contributed by atoms with van der Waals surface area (Å²) in [5.41, 5.74) is 8.36. The minimum absolute atomic E-state index is 0.0333. The lowest BCUT2D eigenvalue weighted by Crippen LogP contribution is -2.42. The van der Waals surface area contributed by atoms with Crippen molar-refractivity contribution in [3.8, 4) is 0 Å². The van der Waals surface area contributed by atoms with Gasteiger partial charge in [-0.1, -0.05) is 30.3 Å². The van der Waals surface area contributed by atoms with E-state index in [1.54, 1.807) is 24.3 Å². The lowest BCUT2D eigenvalue weighted by molar-refractivity contribution is 0.0580. The summed E-state index contributed by atoms with van der Waals surface area (Å²) >= 11 is 5.30. The molecule has 1 aliphatic rings. The molecule has 1 aliphatic heterocycles. The number of para-hydroxylation sites is 1. The molecule has 146 valence electrons. The molecule has 0 radical (unpaired) electrons. The number of hydrogen-bond donors (Lipinski definition) is 4. The molecule has 3 aromatic rings. The SMILES string of the molecule is O=C1c2cccc3c(NNC(=S)Nc4ccccc4)ccc(c23)C(=O)N1CCO. The predicted molar refractivity (Wildman–Crippen MR) is 116 cm³/mol. The highest BCUT2D eigenvalue weighted by molar-refractivity contribution is 7.80. The van der Waals surface area contributed by atoms with Crippen LogP contribution in [0.2, 0.25) is 0 Å². The zero-order chi connectivity index (χ0) is 20.4. The summed E-state index contributed by atoms with van der Waals surface area (Å²) in [7, 11) is 0. The second-order valence-electron chi connectivity index (χ2n) is 6.44. The number of imide groups is 1. The standard InChI is InChI=1S/C21H18N4O3S/c26-12-11-25-19(27)15-8-4-7-14-17(10-9-16(18(14)15)20(25)28)23-24-21(29)22-13-5-2-1-3-6-13/h1-10,23,26H,11-12H2,(H2,22,24,29). The van der Waals surface area contributed by atoms with E-state index in [1.807, 2.05) is 36.4 Å². The van der Waals surface area contributed by atoms with Crippen molar-refractivity contribution < 1.29 is 14.7 Å². The Balaban J connectivity index is 1.61. The van der Waals surface area contributed by atoms with Crippen LogP contribution in [0.3, 0.4) is 0 Å². The van der Waals surface area contributed by atoms with Gasteiger partial charge in [0.1, 0.15) is 0 Å². The van der Waals surface area contributed by atoms with Crippen LogP contribution in [-0.4, -0.2) is 40.1 Å². The van der Waals surface area contributed by atoms with Crippen molar-refractivity contribution in [1.29, 1.82) is 0 Å². The Morgan fingerprint density at radius 2 is 1.66 bits per heavy atom. The fraction of sp³-hybridized carbons (Fsp3) is 0.0952. The molecule has 2 amide bonds. The number of aliphatic hydroxyl groups excluding tert-OH is 1. The second kappa shape index (κ2) is 7.86. The molecule has 0 aromatic heterocycles. The molecule has 4 N–H and O–H groups in total. The first-order valence-corrected chi connectivity index (χ1v) is 9.42. The number of hydrogen-bond acceptors (Lipinski definition) is 5. The van der Waals surface area contributed by atoms with Crippen molar-refractivity contribution in [3.63, 3.8) is 0 Å². The van der Waals surface area contributed by atoms with Gasteiger partial charge in [-0.2, -0.15) is 0 Å². The summed E-state index contributed by atoms with van der Waals surface area (Å²) < 4.78 is 0. The van der Waals surface area contributed by atoms with Crippen LogP contribution in [0, 0.1) is 0 Å². The second-order valence-corrected chi connectivity index (χ2v) is 6.85. The van der Waals surface area contributed by atoms with Crippen molar-refractivity contribution >= 4 is 51.3 Å². The number of benzene rings is 3. The summed E-state index contributed by atoms with van der Waals surface area (Å²) in [6.45, 7) is -0.313. The summed E-state index contributed by atoms with van der Waals surface area (Å²) in [4.78, 5) is 26.5. The molecule has 29 heavy (non-hydrogen) atoms. The van der Waals surface area contributed by atoms with E-state index in [2.05, 4.69) is 16.2 Å². The van der Waals surface area contributed by atoms with Crippen molar-refractivity contribution in [3.05, 3.63) is 71.8 Å². The topological polar surface area (TPSA) is 93.7 Å². The third-order valence-electron chi connectivity index (χ3n) is 4.66. The Morgan fingerprint density at radius 1 is 0.931 bits per heavy atom. The zero-order valence-electron chi connectivity index (χ0n) is 15.3. The maximum Gasteiger partial charge on any atom is 0.261 e. The van der Waals surface area contributed by atoms with E-state index in [-0.39, 0.29) is 13.2 Å². The van der Waals surface area contributed by atoms with Gasteiger partial charge < -0.3 is 10.4 Å². The molecule has 1 heterocycles. The Morgan fingerprint density at radius 3 is 2.38 bits per heavy atom. The molecule has 8 heteroatoms. The molecule has 3 aromatic carbocycles. The van der Waals surface area contributed by atoms with Gasteiger partial charge in [-0.05, 0) is 42.5 Å². The van der Waals surface area contributed by atoms with Crippen LogP contribution < -0.4 is 16.2 Å². The Hall–Kier alpha value is -3.49. The Kier molecular flexibility index (Phi) is 5.11. The number of carbonyl (C=O) groups excluding carboxylic acids is 2. The fourth-order valence-corrected chi connectivity index (χ4v) is 3.54. The summed E-state index contributed by atoms with van der Waals surface area (Å²) in [6, 6.07) is 18.2. The highest BCUT2D eigenvalue weighted by atomic mass is 32.1. The number of aliphatic hydroxyl groups is 1. The Bertz CT molecular complexity index is 1100. The molecule has 0 bridgehead atoms. The molecule has 7 nitrogen and oxygen atoms in total. The van der Waals surface area contributed by atoms with Gasteiger partial charge >= 0.3 is 0 Å². The average molecular weight is 406 g/mol. The third kappa shape index (κ3) is 3.51. The molecule has 0 saturated carbocycles. The van der Waals surface area contributed by atoms with E-state index >= 15 is 0 Å². The lowest BCUT2D eigenvalue weighted by Gasteiger charge is -2.27. The van der Waals surface area contributed by atoms with Crippen molar-refractivity contribution in [2.45, 2.75) is 0 Å². The van der Waals surface area contributed by atoms with Gasteiger partial charge in [0.15, 0.2) is 5.11 Å². The van der Waals surface area contributed by atoms with Gasteiger partial charge in [0, 0.05) is 27.6 Å². The minimum Gasteiger partial charge on any atom is -0.395 e. The third-order valence-corrected chi connectivity index (χ3v) is 4.86. The number of nitrogens with zero attached hydrogens (tertiary/aromatic N) is 1. The van der Waals surface area contributed by atoms with Crippen LogP contribution in [0.5, 0.6) is 0 Å². The van der Waals surface area contributed by atoms with Crippen molar-refractivity contribution in [2.75, 3.05) is 23.9 Å². The van der Waals surface area contributed by atoms with Crippen LogP contribution in [0.4, 0.5) is 11.4 Å². The molecule has 0 aliphatic carbocycles. The summed E-state index contributed by atoms with van der Waals surface area (Å²) in [5.74, 6) is -0.818. The minimum atomic E-state index is -0.409. The van der Waals surface area contributed by atoms with Gasteiger partial charge in [0.05, 0.1) is 18.8 Å². The largest absolute Gasteiger partial charge is 0.395 e. The van der Waals surface area contributed by atoms with E-state index in [9.17, 15) is 14.7 Å². The number of thiocarbonyl (C=S) groups is 1. The lowest BCUT2D eigenvalue weighted by atomic mass is 9.93. The number of anilines is 2. The molecule has 0 saturated heterocycles. The molecular weight excluding hydrogens is 388 g/mol. The summed E-state index contributed by atoms with van der Waals surface area (Å²) in [6.07, 6.45) is 0. The highest BCUT2D eigenvalue weighted by Crippen LogP contribution is 2.34. The fourth-order valence-electron chi connectivity index (χ4n) is 3.37. The van der Waals surface area contributed by atoms with E-state index in [4.69, 9.17) is 12.2 Å². The molecule has 0 unspecified atom stereocenters. The van der Waals surface area contributed by atoms with Crippen molar-refractivity contribution in [1.82, 2.24) is 10.3 Å². The average Bonchev–Trinajstić information content (AvgIpc) is 2.74. The quantitative estimate of drug-likeness (QED) is 0.294. The maximum absolute atomic E-state index is 12.7. The van der Waals surface area contributed by atoms with Crippen LogP contribution >= 0.6 is 12.2 Å². The maximum atomic E-state index is 12.7. The smallest absolute Gasteiger partial charge is 0.261 e. The zero-order valence-corrected chi connectivity index (χ0v) is 16.1. The number of β-amino-alcohol motifs (C(OH)–C–C–N with tert-alkyl or cyclic N) is 1. The van der Waals surface area contributed by atoms with Crippen molar-refractivity contribution in [2.24, 2.45) is 0 Å². The highest BCUT2D eigenvalue weighted by Gasteiger charge is 2.32. The van der Waals surface area contributed by atoms with Crippen LogP contribution in [-0.2, 0) is 0 Å². The summed E-state index contributed by atoms with van der Waals surface area (Å²) in [5, 5.41) is 13.9. The number of rotatable bonds is 5. The first kappa shape index (κ1) is 18.9. The monoisotopic (exact) mass is 406 g/mol. The van der Waals surface area contributed by atoms with Gasteiger partial charge in [0.25, 0.3) is 11.8 Å².